The molecule has 1 aromatic rings. The summed E-state index contributed by atoms with van der Waals surface area (Å²) in [4.78, 5) is 12.0. The van der Waals surface area contributed by atoms with E-state index in [0.29, 0.717) is 12.3 Å². The molecule has 16 heavy (non-hydrogen) atoms. The molecule has 0 aliphatic rings. The third kappa shape index (κ3) is 3.19. The van der Waals surface area contributed by atoms with Gasteiger partial charge in [0.15, 0.2) is 5.78 Å². The summed E-state index contributed by atoms with van der Waals surface area (Å²) in [5.74, 6) is 0.801. The molecule has 0 saturated carbocycles. The van der Waals surface area contributed by atoms with Gasteiger partial charge in [-0.05, 0) is 31.7 Å². The van der Waals surface area contributed by atoms with Crippen molar-refractivity contribution in [2.24, 2.45) is 5.92 Å². The first-order chi connectivity index (χ1) is 7.58. The van der Waals surface area contributed by atoms with Gasteiger partial charge in [-0.15, -0.1) is 0 Å². The van der Waals surface area contributed by atoms with Crippen LogP contribution in [0.25, 0.3) is 0 Å². The molecule has 90 valence electrons. The lowest BCUT2D eigenvalue weighted by Gasteiger charge is -2.05. The van der Waals surface area contributed by atoms with Crippen LogP contribution in [0.15, 0.2) is 6.07 Å². The Labute approximate surface area is 97.8 Å². The lowest BCUT2D eigenvalue weighted by Crippen LogP contribution is -2.10. The maximum atomic E-state index is 12.0. The zero-order valence-electron chi connectivity index (χ0n) is 10.8. The Bertz CT molecular complexity index is 353. The van der Waals surface area contributed by atoms with Gasteiger partial charge in [0, 0.05) is 13.0 Å². The van der Waals surface area contributed by atoms with Crippen molar-refractivity contribution in [3.8, 4) is 0 Å². The summed E-state index contributed by atoms with van der Waals surface area (Å²) in [6.07, 6.45) is 2.47. The minimum absolute atomic E-state index is 0.225. The third-order valence-electron chi connectivity index (χ3n) is 2.73. The number of nitrogens with zero attached hydrogens (tertiary/aromatic N) is 2. The molecule has 0 unspecified atom stereocenters. The van der Waals surface area contributed by atoms with Gasteiger partial charge >= 0.3 is 0 Å². The fourth-order valence-electron chi connectivity index (χ4n) is 1.66. The van der Waals surface area contributed by atoms with Crippen LogP contribution in [0, 0.1) is 5.92 Å². The Morgan fingerprint density at radius 2 is 2.12 bits per heavy atom. The summed E-state index contributed by atoms with van der Waals surface area (Å²) in [6.45, 7) is 9.13. The molecule has 0 spiro atoms. The molecule has 1 heterocycles. The van der Waals surface area contributed by atoms with E-state index in [0.717, 1.165) is 30.8 Å². The molecule has 0 atom stereocenters. The van der Waals surface area contributed by atoms with E-state index in [1.807, 2.05) is 17.7 Å². The van der Waals surface area contributed by atoms with Crippen LogP contribution in [0.5, 0.6) is 0 Å². The van der Waals surface area contributed by atoms with E-state index >= 15 is 0 Å². The number of carbonyl (C=O) groups excluding carboxylic acids is 1. The van der Waals surface area contributed by atoms with Crippen LogP contribution >= 0.6 is 0 Å². The Morgan fingerprint density at radius 3 is 2.62 bits per heavy atom. The minimum atomic E-state index is 0.225. The van der Waals surface area contributed by atoms with E-state index < -0.39 is 0 Å². The van der Waals surface area contributed by atoms with Crippen LogP contribution in [-0.2, 0) is 13.0 Å². The molecule has 0 fully saturated rings. The van der Waals surface area contributed by atoms with Crippen molar-refractivity contribution in [2.45, 2.75) is 53.5 Å². The SMILES string of the molecule is CCc1cc(C(=O)CCC(C)C)n(CC)n1. The topological polar surface area (TPSA) is 34.9 Å². The van der Waals surface area contributed by atoms with Gasteiger partial charge in [-0.2, -0.15) is 5.10 Å². The highest BCUT2D eigenvalue weighted by molar-refractivity contribution is 5.94. The minimum Gasteiger partial charge on any atom is -0.292 e. The van der Waals surface area contributed by atoms with Gasteiger partial charge in [-0.1, -0.05) is 20.8 Å². The number of aromatic nitrogens is 2. The van der Waals surface area contributed by atoms with Gasteiger partial charge in [-0.25, -0.2) is 0 Å². The third-order valence-corrected chi connectivity index (χ3v) is 2.73. The van der Waals surface area contributed by atoms with E-state index in [1.54, 1.807) is 0 Å². The van der Waals surface area contributed by atoms with Gasteiger partial charge in [0.25, 0.3) is 0 Å². The van der Waals surface area contributed by atoms with E-state index in [9.17, 15) is 4.79 Å². The second-order valence-electron chi connectivity index (χ2n) is 4.55. The zero-order chi connectivity index (χ0) is 12.1. The van der Waals surface area contributed by atoms with Gasteiger partial charge in [-0.3, -0.25) is 9.48 Å². The molecule has 0 saturated heterocycles. The lowest BCUT2D eigenvalue weighted by atomic mass is 10.0. The second-order valence-corrected chi connectivity index (χ2v) is 4.55. The highest BCUT2D eigenvalue weighted by Crippen LogP contribution is 2.12. The molecule has 3 heteroatoms. The van der Waals surface area contributed by atoms with Crippen molar-refractivity contribution >= 4 is 5.78 Å². The van der Waals surface area contributed by atoms with Crippen molar-refractivity contribution in [1.82, 2.24) is 9.78 Å². The average Bonchev–Trinajstić information content (AvgIpc) is 2.68. The Balaban J connectivity index is 2.77. The molecule has 0 amide bonds. The largest absolute Gasteiger partial charge is 0.292 e. The van der Waals surface area contributed by atoms with E-state index in [-0.39, 0.29) is 5.78 Å². The first-order valence-electron chi connectivity index (χ1n) is 6.18. The van der Waals surface area contributed by atoms with Crippen LogP contribution in [0.3, 0.4) is 0 Å². The monoisotopic (exact) mass is 222 g/mol. The molecule has 0 radical (unpaired) electrons. The summed E-state index contributed by atoms with van der Waals surface area (Å²) in [7, 11) is 0. The van der Waals surface area contributed by atoms with Crippen LogP contribution in [0.4, 0.5) is 0 Å². The van der Waals surface area contributed by atoms with Gasteiger partial charge in [0.1, 0.15) is 5.69 Å². The van der Waals surface area contributed by atoms with Gasteiger partial charge < -0.3 is 0 Å². The number of Topliss-reactive ketones (excluding diaryl/α,β-unsaturated/α-hetero) is 1. The number of aryl methyl sites for hydroxylation is 2. The molecule has 0 aliphatic carbocycles. The summed E-state index contributed by atoms with van der Waals surface area (Å²) in [6, 6.07) is 1.94. The molecule has 0 N–H and O–H groups in total. The molecule has 0 aromatic carbocycles. The van der Waals surface area contributed by atoms with E-state index in [2.05, 4.69) is 25.9 Å². The Kier molecular flexibility index (Phi) is 4.71. The quantitative estimate of drug-likeness (QED) is 0.693. The first-order valence-corrected chi connectivity index (χ1v) is 6.18. The molecule has 0 bridgehead atoms. The smallest absolute Gasteiger partial charge is 0.180 e. The predicted molar refractivity (Wildman–Crippen MR) is 65.7 cm³/mol. The van der Waals surface area contributed by atoms with Gasteiger partial charge in [0.2, 0.25) is 0 Å². The highest BCUT2D eigenvalue weighted by Gasteiger charge is 2.13. The maximum absolute atomic E-state index is 12.0. The second kappa shape index (κ2) is 5.83. The van der Waals surface area contributed by atoms with Crippen LogP contribution in [0.2, 0.25) is 0 Å². The fraction of sp³-hybridized carbons (Fsp3) is 0.692. The molecule has 1 rings (SSSR count). The average molecular weight is 222 g/mol. The number of ketones is 1. The predicted octanol–water partition coefficient (Wildman–Crippen LogP) is 3.08. The van der Waals surface area contributed by atoms with Crippen molar-refractivity contribution in [2.75, 3.05) is 0 Å². The molecule has 0 aliphatic heterocycles. The number of hydrogen-bond donors (Lipinski definition) is 0. The standard InChI is InChI=1S/C13H22N2O/c1-5-11-9-12(15(6-2)14-11)13(16)8-7-10(3)4/h9-10H,5-8H2,1-4H3. The fourth-order valence-corrected chi connectivity index (χ4v) is 1.66. The summed E-state index contributed by atoms with van der Waals surface area (Å²) >= 11 is 0. The number of carbonyl (C=O) groups is 1. The van der Waals surface area contributed by atoms with E-state index in [1.165, 1.54) is 0 Å². The Hall–Kier alpha value is -1.12. The van der Waals surface area contributed by atoms with Crippen molar-refractivity contribution in [3.05, 3.63) is 17.5 Å². The van der Waals surface area contributed by atoms with Crippen molar-refractivity contribution in [3.63, 3.8) is 0 Å². The highest BCUT2D eigenvalue weighted by atomic mass is 16.1. The van der Waals surface area contributed by atoms with Crippen LogP contribution in [0.1, 0.15) is 56.7 Å². The summed E-state index contributed by atoms with van der Waals surface area (Å²) in [5.41, 5.74) is 1.79. The van der Waals surface area contributed by atoms with E-state index in [4.69, 9.17) is 0 Å². The van der Waals surface area contributed by atoms with Gasteiger partial charge in [0.05, 0.1) is 5.69 Å². The van der Waals surface area contributed by atoms with Crippen molar-refractivity contribution in [1.29, 1.82) is 0 Å². The summed E-state index contributed by atoms with van der Waals surface area (Å²) in [5, 5.41) is 4.39. The van der Waals surface area contributed by atoms with Crippen LogP contribution < -0.4 is 0 Å². The molecular formula is C13H22N2O. The normalized spacial score (nSPS) is 11.1. The number of hydrogen-bond acceptors (Lipinski definition) is 2. The molecule has 3 nitrogen and oxygen atoms in total. The maximum Gasteiger partial charge on any atom is 0.180 e. The summed E-state index contributed by atoms with van der Waals surface area (Å²) < 4.78 is 1.82. The lowest BCUT2D eigenvalue weighted by molar-refractivity contribution is 0.0965. The molecular weight excluding hydrogens is 200 g/mol. The van der Waals surface area contributed by atoms with Crippen molar-refractivity contribution < 1.29 is 4.79 Å². The Morgan fingerprint density at radius 1 is 1.44 bits per heavy atom. The molecule has 1 aromatic heterocycles. The number of rotatable bonds is 6. The van der Waals surface area contributed by atoms with Crippen LogP contribution in [-0.4, -0.2) is 15.6 Å². The first kappa shape index (κ1) is 12.9. The zero-order valence-corrected chi connectivity index (χ0v) is 10.8.